The summed E-state index contributed by atoms with van der Waals surface area (Å²) in [6, 6.07) is 11.6. The Morgan fingerprint density at radius 1 is 1.22 bits per heavy atom. The van der Waals surface area contributed by atoms with E-state index in [0.717, 1.165) is 25.3 Å². The van der Waals surface area contributed by atoms with Gasteiger partial charge < -0.3 is 5.73 Å². The number of halogens is 2. The number of thiazole rings is 1. The molecule has 0 aliphatic heterocycles. The van der Waals surface area contributed by atoms with Gasteiger partial charge in [0.05, 0.1) is 15.9 Å². The van der Waals surface area contributed by atoms with Gasteiger partial charge in [0.2, 0.25) is 0 Å². The second-order valence-corrected chi connectivity index (χ2v) is 6.15. The van der Waals surface area contributed by atoms with Crippen molar-refractivity contribution in [2.75, 3.05) is 5.73 Å². The molecule has 0 amide bonds. The lowest BCUT2D eigenvalue weighted by Crippen LogP contribution is -1.90. The van der Waals surface area contributed by atoms with E-state index in [2.05, 4.69) is 20.9 Å². The van der Waals surface area contributed by atoms with Crippen LogP contribution in [-0.2, 0) is 0 Å². The molecule has 90 valence electrons. The van der Waals surface area contributed by atoms with Crippen LogP contribution < -0.4 is 5.73 Å². The summed E-state index contributed by atoms with van der Waals surface area (Å²) in [6.07, 6.45) is 0. The number of nitrogens with zero attached hydrogens (tertiary/aromatic N) is 1. The van der Waals surface area contributed by atoms with E-state index in [0.29, 0.717) is 10.7 Å². The fourth-order valence-corrected chi connectivity index (χ4v) is 3.26. The monoisotopic (exact) mass is 338 g/mol. The number of fused-ring (bicyclic) bond motifs is 1. The fourth-order valence-electron chi connectivity index (χ4n) is 1.74. The van der Waals surface area contributed by atoms with E-state index in [9.17, 15) is 0 Å². The molecule has 0 aliphatic rings. The quantitative estimate of drug-likeness (QED) is 0.636. The molecule has 0 radical (unpaired) electrons. The minimum atomic E-state index is 0.696. The number of hydrogen-bond acceptors (Lipinski definition) is 3. The lowest BCUT2D eigenvalue weighted by atomic mass is 10.2. The molecular weight excluding hydrogens is 332 g/mol. The van der Waals surface area contributed by atoms with Crippen LogP contribution in [0.3, 0.4) is 0 Å². The van der Waals surface area contributed by atoms with Gasteiger partial charge >= 0.3 is 0 Å². The van der Waals surface area contributed by atoms with Gasteiger partial charge in [-0.3, -0.25) is 0 Å². The van der Waals surface area contributed by atoms with Gasteiger partial charge in [-0.2, -0.15) is 0 Å². The van der Waals surface area contributed by atoms with Gasteiger partial charge in [-0.05, 0) is 46.3 Å². The maximum Gasteiger partial charge on any atom is 0.126 e. The van der Waals surface area contributed by atoms with Crippen molar-refractivity contribution >= 4 is 54.8 Å². The van der Waals surface area contributed by atoms with Crippen LogP contribution in [0.2, 0.25) is 5.02 Å². The van der Waals surface area contributed by atoms with Crippen molar-refractivity contribution in [1.82, 2.24) is 4.98 Å². The predicted octanol–water partition coefficient (Wildman–Crippen LogP) is 4.96. The van der Waals surface area contributed by atoms with Crippen LogP contribution >= 0.6 is 38.9 Å². The standard InChI is InChI=1S/C13H8BrClN2S/c14-9-3-1-2-8(12(9)16)13-17-10-6-7(15)4-5-11(10)18-13/h1-6H,16H2. The molecule has 2 N–H and O–H groups in total. The molecule has 0 fully saturated rings. The van der Waals surface area contributed by atoms with Gasteiger partial charge in [0.1, 0.15) is 5.01 Å². The zero-order valence-electron chi connectivity index (χ0n) is 9.15. The molecule has 0 bridgehead atoms. The lowest BCUT2D eigenvalue weighted by Gasteiger charge is -2.03. The van der Waals surface area contributed by atoms with Crippen LogP contribution in [-0.4, -0.2) is 4.98 Å². The van der Waals surface area contributed by atoms with Gasteiger partial charge in [-0.15, -0.1) is 11.3 Å². The Balaban J connectivity index is 2.22. The minimum absolute atomic E-state index is 0.696. The van der Waals surface area contributed by atoms with E-state index < -0.39 is 0 Å². The molecule has 3 rings (SSSR count). The Kier molecular flexibility index (Phi) is 3.01. The fraction of sp³-hybridized carbons (Fsp3) is 0. The first-order valence-electron chi connectivity index (χ1n) is 5.25. The molecular formula is C13H8BrClN2S. The highest BCUT2D eigenvalue weighted by Gasteiger charge is 2.10. The maximum absolute atomic E-state index is 6.06. The molecule has 0 saturated carbocycles. The second kappa shape index (κ2) is 4.53. The van der Waals surface area contributed by atoms with Crippen LogP contribution in [0.1, 0.15) is 0 Å². The summed E-state index contributed by atoms with van der Waals surface area (Å²) in [4.78, 5) is 4.58. The van der Waals surface area contributed by atoms with Crippen LogP contribution in [0.4, 0.5) is 5.69 Å². The Labute approximate surface area is 122 Å². The van der Waals surface area contributed by atoms with E-state index in [-0.39, 0.29) is 0 Å². The Bertz CT molecular complexity index is 739. The van der Waals surface area contributed by atoms with Crippen molar-refractivity contribution in [3.63, 3.8) is 0 Å². The van der Waals surface area contributed by atoms with Gasteiger partial charge in [0, 0.05) is 15.1 Å². The summed E-state index contributed by atoms with van der Waals surface area (Å²) in [6.45, 7) is 0. The highest BCUT2D eigenvalue weighted by Crippen LogP contribution is 2.36. The zero-order valence-corrected chi connectivity index (χ0v) is 12.3. The zero-order chi connectivity index (χ0) is 12.7. The topological polar surface area (TPSA) is 38.9 Å². The lowest BCUT2D eigenvalue weighted by molar-refractivity contribution is 1.47. The summed E-state index contributed by atoms with van der Waals surface area (Å²) < 4.78 is 1.99. The van der Waals surface area contributed by atoms with Gasteiger partial charge in [-0.1, -0.05) is 17.7 Å². The van der Waals surface area contributed by atoms with E-state index in [1.54, 1.807) is 11.3 Å². The first kappa shape index (κ1) is 12.0. The molecule has 0 unspecified atom stereocenters. The van der Waals surface area contributed by atoms with Gasteiger partial charge in [-0.25, -0.2) is 4.98 Å². The van der Waals surface area contributed by atoms with Crippen molar-refractivity contribution in [1.29, 1.82) is 0 Å². The number of nitrogens with two attached hydrogens (primary N) is 1. The van der Waals surface area contributed by atoms with Crippen LogP contribution in [0.25, 0.3) is 20.8 Å². The molecule has 1 aromatic heterocycles. The first-order chi connectivity index (χ1) is 8.65. The third-order valence-electron chi connectivity index (χ3n) is 2.63. The van der Waals surface area contributed by atoms with Crippen molar-refractivity contribution < 1.29 is 0 Å². The number of anilines is 1. The van der Waals surface area contributed by atoms with Crippen molar-refractivity contribution in [3.05, 3.63) is 45.9 Å². The van der Waals surface area contributed by atoms with Crippen molar-refractivity contribution in [3.8, 4) is 10.6 Å². The van der Waals surface area contributed by atoms with Gasteiger partial charge in [0.25, 0.3) is 0 Å². The minimum Gasteiger partial charge on any atom is -0.397 e. The molecule has 2 nitrogen and oxygen atoms in total. The molecule has 0 spiro atoms. The van der Waals surface area contributed by atoms with Crippen LogP contribution in [0.15, 0.2) is 40.9 Å². The molecule has 0 saturated heterocycles. The Morgan fingerprint density at radius 3 is 2.89 bits per heavy atom. The third kappa shape index (κ3) is 2.00. The smallest absolute Gasteiger partial charge is 0.126 e. The number of aromatic nitrogens is 1. The van der Waals surface area contributed by atoms with E-state index in [1.165, 1.54) is 0 Å². The highest BCUT2D eigenvalue weighted by molar-refractivity contribution is 9.10. The predicted molar refractivity (Wildman–Crippen MR) is 82.2 cm³/mol. The summed E-state index contributed by atoms with van der Waals surface area (Å²) in [7, 11) is 0. The van der Waals surface area contributed by atoms with E-state index in [1.807, 2.05) is 36.4 Å². The summed E-state index contributed by atoms with van der Waals surface area (Å²) >= 11 is 11.0. The summed E-state index contributed by atoms with van der Waals surface area (Å²) in [5, 5.41) is 1.60. The molecule has 0 atom stereocenters. The second-order valence-electron chi connectivity index (χ2n) is 3.83. The number of rotatable bonds is 1. The van der Waals surface area contributed by atoms with E-state index in [4.69, 9.17) is 17.3 Å². The maximum atomic E-state index is 6.06. The molecule has 3 aromatic rings. The molecule has 5 heteroatoms. The number of para-hydroxylation sites is 1. The Morgan fingerprint density at radius 2 is 2.06 bits per heavy atom. The normalized spacial score (nSPS) is 11.0. The largest absolute Gasteiger partial charge is 0.397 e. The van der Waals surface area contributed by atoms with Crippen molar-refractivity contribution in [2.45, 2.75) is 0 Å². The summed E-state index contributed by atoms with van der Waals surface area (Å²) in [5.41, 5.74) is 8.62. The Hall–Kier alpha value is -1.10. The van der Waals surface area contributed by atoms with Crippen molar-refractivity contribution in [2.24, 2.45) is 0 Å². The molecule has 1 heterocycles. The highest BCUT2D eigenvalue weighted by atomic mass is 79.9. The van der Waals surface area contributed by atoms with Gasteiger partial charge in [0.15, 0.2) is 0 Å². The molecule has 2 aromatic carbocycles. The third-order valence-corrected chi connectivity index (χ3v) is 4.63. The molecule has 0 aliphatic carbocycles. The first-order valence-corrected chi connectivity index (χ1v) is 7.24. The number of hydrogen-bond donors (Lipinski definition) is 1. The summed E-state index contributed by atoms with van der Waals surface area (Å²) in [5.74, 6) is 0. The number of nitrogen functional groups attached to an aromatic ring is 1. The van der Waals surface area contributed by atoms with Crippen LogP contribution in [0.5, 0.6) is 0 Å². The average molecular weight is 340 g/mol. The van der Waals surface area contributed by atoms with E-state index >= 15 is 0 Å². The number of benzene rings is 2. The SMILES string of the molecule is Nc1c(Br)cccc1-c1nc2cc(Cl)ccc2s1. The molecule has 18 heavy (non-hydrogen) atoms. The average Bonchev–Trinajstić information content (AvgIpc) is 2.75. The van der Waals surface area contributed by atoms with Crippen LogP contribution in [0, 0.1) is 0 Å².